The molecule has 0 bridgehead atoms. The summed E-state index contributed by atoms with van der Waals surface area (Å²) in [5, 5.41) is 14.7. The number of amides is 1. The van der Waals surface area contributed by atoms with Crippen LogP contribution in [0, 0.1) is 0 Å². The number of rotatable bonds is 7. The minimum absolute atomic E-state index is 0.00143. The van der Waals surface area contributed by atoms with Crippen LogP contribution in [0.3, 0.4) is 0 Å². The molecule has 3 rings (SSSR count). The van der Waals surface area contributed by atoms with Crippen molar-refractivity contribution in [3.8, 4) is 11.3 Å². The number of carbonyl (C=O) groups is 1. The van der Waals surface area contributed by atoms with Crippen molar-refractivity contribution in [3.63, 3.8) is 0 Å². The molecule has 2 N–H and O–H groups in total. The van der Waals surface area contributed by atoms with Crippen LogP contribution in [0.5, 0.6) is 0 Å². The van der Waals surface area contributed by atoms with Gasteiger partial charge in [-0.1, -0.05) is 18.2 Å². The van der Waals surface area contributed by atoms with E-state index in [1.54, 1.807) is 12.3 Å². The topological polar surface area (TPSA) is 79.8 Å². The van der Waals surface area contributed by atoms with Gasteiger partial charge < -0.3 is 10.6 Å². The predicted molar refractivity (Wildman–Crippen MR) is 111 cm³/mol. The number of aromatic nitrogens is 3. The highest BCUT2D eigenvalue weighted by Crippen LogP contribution is 2.19. The lowest BCUT2D eigenvalue weighted by Crippen LogP contribution is -2.34. The zero-order valence-corrected chi connectivity index (χ0v) is 16.4. The monoisotopic (exact) mass is 375 g/mol. The van der Waals surface area contributed by atoms with E-state index in [2.05, 4.69) is 25.8 Å². The Hall–Kier alpha value is -3.28. The summed E-state index contributed by atoms with van der Waals surface area (Å²) in [5.41, 5.74) is 3.28. The molecule has 0 radical (unpaired) electrons. The van der Waals surface area contributed by atoms with Crippen molar-refractivity contribution in [2.75, 3.05) is 5.32 Å². The van der Waals surface area contributed by atoms with Crippen molar-refractivity contribution >= 4 is 11.7 Å². The van der Waals surface area contributed by atoms with Crippen LogP contribution in [0.15, 0.2) is 60.9 Å². The Morgan fingerprint density at radius 1 is 1.04 bits per heavy atom. The molecule has 0 aliphatic rings. The lowest BCUT2D eigenvalue weighted by Gasteiger charge is -2.14. The Balaban J connectivity index is 1.67. The van der Waals surface area contributed by atoms with Gasteiger partial charge in [0.2, 0.25) is 0 Å². The Kier molecular flexibility index (Phi) is 6.32. The summed E-state index contributed by atoms with van der Waals surface area (Å²) in [4.78, 5) is 16.7. The zero-order valence-electron chi connectivity index (χ0n) is 16.4. The average molecular weight is 375 g/mol. The standard InChI is InChI=1S/C22H25N5O/c1-15(2)24-21-10-9-20(26-27-21)18-7-4-8-19(13-18)22(28)25-16(3)12-17-6-5-11-23-14-17/h4-11,13-16H,12H2,1-3H3,(H,24,27)(H,25,28)/t16-/m1/s1. The first kappa shape index (κ1) is 19.5. The van der Waals surface area contributed by atoms with Crippen LogP contribution in [0.25, 0.3) is 11.3 Å². The lowest BCUT2D eigenvalue weighted by molar-refractivity contribution is 0.0940. The van der Waals surface area contributed by atoms with Crippen LogP contribution in [-0.2, 0) is 6.42 Å². The van der Waals surface area contributed by atoms with Gasteiger partial charge in [-0.2, -0.15) is 0 Å². The highest BCUT2D eigenvalue weighted by Gasteiger charge is 2.12. The van der Waals surface area contributed by atoms with E-state index in [-0.39, 0.29) is 11.9 Å². The van der Waals surface area contributed by atoms with Crippen LogP contribution in [-0.4, -0.2) is 33.2 Å². The fourth-order valence-corrected chi connectivity index (χ4v) is 2.91. The highest BCUT2D eigenvalue weighted by atomic mass is 16.1. The van der Waals surface area contributed by atoms with E-state index < -0.39 is 0 Å². The third kappa shape index (κ3) is 5.36. The maximum absolute atomic E-state index is 12.6. The average Bonchev–Trinajstić information content (AvgIpc) is 2.69. The Bertz CT molecular complexity index is 910. The molecule has 0 aliphatic carbocycles. The first-order valence-electron chi connectivity index (χ1n) is 9.42. The molecule has 2 aromatic heterocycles. The second-order valence-electron chi connectivity index (χ2n) is 7.12. The van der Waals surface area contributed by atoms with Crippen molar-refractivity contribution in [3.05, 3.63) is 72.1 Å². The molecule has 3 aromatic rings. The van der Waals surface area contributed by atoms with Gasteiger partial charge in [0.25, 0.3) is 5.91 Å². The number of anilines is 1. The van der Waals surface area contributed by atoms with E-state index in [4.69, 9.17) is 0 Å². The number of nitrogens with one attached hydrogen (secondary N) is 2. The van der Waals surface area contributed by atoms with Gasteiger partial charge in [-0.3, -0.25) is 9.78 Å². The molecule has 0 saturated carbocycles. The van der Waals surface area contributed by atoms with Crippen molar-refractivity contribution in [1.29, 1.82) is 0 Å². The Morgan fingerprint density at radius 3 is 2.57 bits per heavy atom. The molecule has 2 heterocycles. The minimum atomic E-state index is -0.107. The van der Waals surface area contributed by atoms with Crippen LogP contribution >= 0.6 is 0 Å². The quantitative estimate of drug-likeness (QED) is 0.658. The summed E-state index contributed by atoms with van der Waals surface area (Å²) >= 11 is 0. The van der Waals surface area contributed by atoms with Crippen molar-refractivity contribution in [1.82, 2.24) is 20.5 Å². The Morgan fingerprint density at radius 2 is 1.89 bits per heavy atom. The molecular weight excluding hydrogens is 350 g/mol. The van der Waals surface area contributed by atoms with E-state index >= 15 is 0 Å². The van der Waals surface area contributed by atoms with Crippen LogP contribution in [0.4, 0.5) is 5.82 Å². The fraction of sp³-hybridized carbons (Fsp3) is 0.273. The summed E-state index contributed by atoms with van der Waals surface area (Å²) in [6.45, 7) is 6.08. The maximum atomic E-state index is 12.6. The molecule has 0 unspecified atom stereocenters. The van der Waals surface area contributed by atoms with E-state index in [0.717, 1.165) is 29.1 Å². The summed E-state index contributed by atoms with van der Waals surface area (Å²) in [6, 6.07) is 15.4. The molecular formula is C22H25N5O. The van der Waals surface area contributed by atoms with E-state index in [9.17, 15) is 4.79 Å². The molecule has 1 aromatic carbocycles. The predicted octanol–water partition coefficient (Wildman–Crippen LogP) is 3.72. The third-order valence-electron chi connectivity index (χ3n) is 4.16. The number of pyridine rings is 1. The fourth-order valence-electron chi connectivity index (χ4n) is 2.91. The van der Waals surface area contributed by atoms with E-state index in [1.807, 2.05) is 69.4 Å². The molecule has 0 spiro atoms. The molecule has 28 heavy (non-hydrogen) atoms. The van der Waals surface area contributed by atoms with Gasteiger partial charge >= 0.3 is 0 Å². The molecule has 1 atom stereocenters. The van der Waals surface area contributed by atoms with Gasteiger partial charge in [0.15, 0.2) is 0 Å². The smallest absolute Gasteiger partial charge is 0.251 e. The van der Waals surface area contributed by atoms with Gasteiger partial charge in [0.05, 0.1) is 5.69 Å². The van der Waals surface area contributed by atoms with Crippen molar-refractivity contribution in [2.45, 2.75) is 39.3 Å². The SMILES string of the molecule is CC(C)Nc1ccc(-c2cccc(C(=O)N[C@H](C)Cc3cccnc3)c2)nn1. The number of hydrogen-bond acceptors (Lipinski definition) is 5. The second-order valence-corrected chi connectivity index (χ2v) is 7.12. The number of benzene rings is 1. The first-order valence-corrected chi connectivity index (χ1v) is 9.42. The summed E-state index contributed by atoms with van der Waals surface area (Å²) in [6.07, 6.45) is 4.29. The van der Waals surface area contributed by atoms with E-state index in [0.29, 0.717) is 11.6 Å². The number of hydrogen-bond donors (Lipinski definition) is 2. The van der Waals surface area contributed by atoms with E-state index in [1.165, 1.54) is 0 Å². The molecule has 0 saturated heterocycles. The third-order valence-corrected chi connectivity index (χ3v) is 4.16. The van der Waals surface area contributed by atoms with Gasteiger partial charge in [0.1, 0.15) is 5.82 Å². The van der Waals surface area contributed by atoms with Gasteiger partial charge in [-0.25, -0.2) is 0 Å². The van der Waals surface area contributed by atoms with Crippen LogP contribution in [0.1, 0.15) is 36.7 Å². The highest BCUT2D eigenvalue weighted by molar-refractivity contribution is 5.95. The molecule has 144 valence electrons. The molecule has 0 fully saturated rings. The first-order chi connectivity index (χ1) is 13.5. The number of nitrogens with zero attached hydrogens (tertiary/aromatic N) is 3. The van der Waals surface area contributed by atoms with Crippen LogP contribution in [0.2, 0.25) is 0 Å². The molecule has 0 aliphatic heterocycles. The summed E-state index contributed by atoms with van der Waals surface area (Å²) in [5.74, 6) is 0.626. The lowest BCUT2D eigenvalue weighted by atomic mass is 10.1. The molecule has 6 nitrogen and oxygen atoms in total. The van der Waals surface area contributed by atoms with Gasteiger partial charge in [-0.15, -0.1) is 10.2 Å². The van der Waals surface area contributed by atoms with Crippen LogP contribution < -0.4 is 10.6 Å². The minimum Gasteiger partial charge on any atom is -0.366 e. The summed E-state index contributed by atoms with van der Waals surface area (Å²) in [7, 11) is 0. The second kappa shape index (κ2) is 9.08. The van der Waals surface area contributed by atoms with Crippen molar-refractivity contribution < 1.29 is 4.79 Å². The summed E-state index contributed by atoms with van der Waals surface area (Å²) < 4.78 is 0. The molecule has 1 amide bonds. The Labute approximate surface area is 165 Å². The van der Waals surface area contributed by atoms with Gasteiger partial charge in [-0.05, 0) is 63.1 Å². The van der Waals surface area contributed by atoms with Crippen molar-refractivity contribution in [2.24, 2.45) is 0 Å². The van der Waals surface area contributed by atoms with Gasteiger partial charge in [0, 0.05) is 35.6 Å². The molecule has 6 heteroatoms. The normalized spacial score (nSPS) is 11.9. The number of carbonyl (C=O) groups excluding carboxylic acids is 1. The maximum Gasteiger partial charge on any atom is 0.251 e. The largest absolute Gasteiger partial charge is 0.366 e. The zero-order chi connectivity index (χ0) is 19.9.